The van der Waals surface area contributed by atoms with Crippen LogP contribution in [0.1, 0.15) is 0 Å². The summed E-state index contributed by atoms with van der Waals surface area (Å²) >= 11 is 3.13. The minimum absolute atomic E-state index is 0.0735. The van der Waals surface area contributed by atoms with Gasteiger partial charge in [0.2, 0.25) is 0 Å². The van der Waals surface area contributed by atoms with Crippen molar-refractivity contribution >= 4 is 41.1 Å². The normalized spacial score (nSPS) is 9.92. The number of halogens is 1. The third kappa shape index (κ3) is 2.55. The molecule has 4 nitrogen and oxygen atoms in total. The van der Waals surface area contributed by atoms with Gasteiger partial charge in [-0.1, -0.05) is 22.0 Å². The molecule has 0 heterocycles. The maximum absolute atomic E-state index is 8.89. The standard InChI is InChI=1S/C6H7B2BrO4/c9-4-1-2-5(7(10)11)6(3-4)8(12)13/h1-3,10-13H. The molecule has 0 aliphatic heterocycles. The lowest BCUT2D eigenvalue weighted by Gasteiger charge is -2.07. The molecule has 0 saturated heterocycles. The third-order valence-electron chi connectivity index (χ3n) is 1.61. The summed E-state index contributed by atoms with van der Waals surface area (Å²) in [6.45, 7) is 0. The van der Waals surface area contributed by atoms with E-state index >= 15 is 0 Å². The van der Waals surface area contributed by atoms with Crippen LogP contribution in [0.4, 0.5) is 0 Å². The molecule has 0 bridgehead atoms. The topological polar surface area (TPSA) is 80.9 Å². The van der Waals surface area contributed by atoms with Crippen LogP contribution in [0.3, 0.4) is 0 Å². The molecule has 0 amide bonds. The van der Waals surface area contributed by atoms with Gasteiger partial charge in [-0.15, -0.1) is 0 Å². The Kier molecular flexibility index (Phi) is 3.52. The average Bonchev–Trinajstić information content (AvgIpc) is 2.03. The van der Waals surface area contributed by atoms with E-state index in [1.54, 1.807) is 6.07 Å². The summed E-state index contributed by atoms with van der Waals surface area (Å²) in [6, 6.07) is 4.41. The minimum atomic E-state index is -1.71. The van der Waals surface area contributed by atoms with Crippen LogP contribution < -0.4 is 10.9 Å². The molecule has 7 heteroatoms. The molecule has 0 fully saturated rings. The SMILES string of the molecule is OB(O)c1ccc(Br)cc1B(O)O. The van der Waals surface area contributed by atoms with Gasteiger partial charge in [0.1, 0.15) is 0 Å². The molecule has 1 aromatic carbocycles. The summed E-state index contributed by atoms with van der Waals surface area (Å²) in [7, 11) is -3.42. The molecule has 68 valence electrons. The van der Waals surface area contributed by atoms with Crippen molar-refractivity contribution in [3.63, 3.8) is 0 Å². The Balaban J connectivity index is 3.19. The summed E-state index contributed by atoms with van der Waals surface area (Å²) in [5.74, 6) is 0. The van der Waals surface area contributed by atoms with Gasteiger partial charge in [0.15, 0.2) is 0 Å². The van der Waals surface area contributed by atoms with Crippen LogP contribution >= 0.6 is 15.9 Å². The highest BCUT2D eigenvalue weighted by molar-refractivity contribution is 9.10. The zero-order valence-corrected chi connectivity index (χ0v) is 8.14. The molecule has 0 aliphatic carbocycles. The van der Waals surface area contributed by atoms with E-state index in [0.29, 0.717) is 4.47 Å². The van der Waals surface area contributed by atoms with Crippen LogP contribution in [-0.2, 0) is 0 Å². The van der Waals surface area contributed by atoms with Crippen molar-refractivity contribution in [3.05, 3.63) is 22.7 Å². The van der Waals surface area contributed by atoms with Crippen LogP contribution in [0.2, 0.25) is 0 Å². The highest BCUT2D eigenvalue weighted by Gasteiger charge is 2.22. The first-order chi connectivity index (χ1) is 6.02. The van der Waals surface area contributed by atoms with E-state index in [1.807, 2.05) is 0 Å². The van der Waals surface area contributed by atoms with Crippen molar-refractivity contribution in [2.24, 2.45) is 0 Å². The van der Waals surface area contributed by atoms with E-state index in [0.717, 1.165) is 0 Å². The highest BCUT2D eigenvalue weighted by atomic mass is 79.9. The monoisotopic (exact) mass is 244 g/mol. The van der Waals surface area contributed by atoms with Gasteiger partial charge in [0.05, 0.1) is 0 Å². The van der Waals surface area contributed by atoms with E-state index in [2.05, 4.69) is 15.9 Å². The minimum Gasteiger partial charge on any atom is -0.423 e. The summed E-state index contributed by atoms with van der Waals surface area (Å²) in [5.41, 5.74) is 0.155. The van der Waals surface area contributed by atoms with Crippen molar-refractivity contribution in [2.75, 3.05) is 0 Å². The van der Waals surface area contributed by atoms with E-state index in [1.165, 1.54) is 12.1 Å². The fourth-order valence-corrected chi connectivity index (χ4v) is 1.38. The quantitative estimate of drug-likeness (QED) is 0.446. The van der Waals surface area contributed by atoms with Crippen molar-refractivity contribution in [1.82, 2.24) is 0 Å². The van der Waals surface area contributed by atoms with Crippen molar-refractivity contribution < 1.29 is 20.1 Å². The van der Waals surface area contributed by atoms with Crippen LogP contribution in [0.15, 0.2) is 22.7 Å². The number of benzene rings is 1. The molecule has 0 spiro atoms. The zero-order valence-electron chi connectivity index (χ0n) is 6.55. The molecule has 13 heavy (non-hydrogen) atoms. The summed E-state index contributed by atoms with van der Waals surface area (Å²) in [5, 5.41) is 35.5. The third-order valence-corrected chi connectivity index (χ3v) is 2.10. The lowest BCUT2D eigenvalue weighted by molar-refractivity contribution is 0.419. The molecule has 0 saturated carbocycles. The van der Waals surface area contributed by atoms with Gasteiger partial charge in [0.25, 0.3) is 0 Å². The predicted octanol–water partition coefficient (Wildman–Crippen LogP) is -2.19. The van der Waals surface area contributed by atoms with Crippen LogP contribution in [0, 0.1) is 0 Å². The molecule has 4 N–H and O–H groups in total. The fraction of sp³-hybridized carbons (Fsp3) is 0. The molecule has 0 aliphatic rings. The summed E-state index contributed by atoms with van der Waals surface area (Å²) < 4.78 is 0.639. The van der Waals surface area contributed by atoms with Crippen molar-refractivity contribution in [2.45, 2.75) is 0 Å². The van der Waals surface area contributed by atoms with E-state index in [9.17, 15) is 0 Å². The molecule has 0 atom stereocenters. The van der Waals surface area contributed by atoms with Gasteiger partial charge in [-0.2, -0.15) is 0 Å². The van der Waals surface area contributed by atoms with E-state index < -0.39 is 14.2 Å². The van der Waals surface area contributed by atoms with Crippen molar-refractivity contribution in [1.29, 1.82) is 0 Å². The largest absolute Gasteiger partial charge is 0.488 e. The fourth-order valence-electron chi connectivity index (χ4n) is 1.00. The number of hydrogen-bond donors (Lipinski definition) is 4. The number of rotatable bonds is 2. The van der Waals surface area contributed by atoms with Crippen molar-refractivity contribution in [3.8, 4) is 0 Å². The Bertz CT molecular complexity index is 305. The Hall–Kier alpha value is -0.330. The van der Waals surface area contributed by atoms with Gasteiger partial charge in [-0.3, -0.25) is 0 Å². The predicted molar refractivity (Wildman–Crippen MR) is 53.8 cm³/mol. The van der Waals surface area contributed by atoms with Gasteiger partial charge < -0.3 is 20.1 Å². The zero-order chi connectivity index (χ0) is 10.0. The molecule has 1 aromatic rings. The lowest BCUT2D eigenvalue weighted by Crippen LogP contribution is -2.49. The van der Waals surface area contributed by atoms with Gasteiger partial charge in [0, 0.05) is 4.47 Å². The second-order valence-electron chi connectivity index (χ2n) is 2.52. The maximum Gasteiger partial charge on any atom is 0.488 e. The van der Waals surface area contributed by atoms with Crippen LogP contribution in [-0.4, -0.2) is 34.3 Å². The lowest BCUT2D eigenvalue weighted by atomic mass is 9.66. The Morgan fingerprint density at radius 1 is 0.923 bits per heavy atom. The Labute approximate surface area is 84.3 Å². The van der Waals surface area contributed by atoms with Gasteiger partial charge >= 0.3 is 14.2 Å². The molecule has 0 radical (unpaired) electrons. The molecular formula is C6H7B2BrO4. The Morgan fingerprint density at radius 2 is 1.46 bits per heavy atom. The molecule has 0 aromatic heterocycles. The second kappa shape index (κ2) is 4.26. The summed E-state index contributed by atoms with van der Waals surface area (Å²) in [6.07, 6.45) is 0. The molecular weight excluding hydrogens is 238 g/mol. The van der Waals surface area contributed by atoms with Crippen LogP contribution in [0.25, 0.3) is 0 Å². The first-order valence-electron chi connectivity index (χ1n) is 3.54. The highest BCUT2D eigenvalue weighted by Crippen LogP contribution is 2.04. The van der Waals surface area contributed by atoms with Crippen LogP contribution in [0.5, 0.6) is 0 Å². The molecule has 1 rings (SSSR count). The average molecular weight is 245 g/mol. The Morgan fingerprint density at radius 3 is 1.92 bits per heavy atom. The maximum atomic E-state index is 8.89. The first kappa shape index (κ1) is 10.7. The summed E-state index contributed by atoms with van der Waals surface area (Å²) in [4.78, 5) is 0. The van der Waals surface area contributed by atoms with Gasteiger partial charge in [-0.25, -0.2) is 0 Å². The van der Waals surface area contributed by atoms with E-state index in [4.69, 9.17) is 20.1 Å². The first-order valence-corrected chi connectivity index (χ1v) is 4.33. The second-order valence-corrected chi connectivity index (χ2v) is 3.44. The number of hydrogen-bond acceptors (Lipinski definition) is 4. The smallest absolute Gasteiger partial charge is 0.423 e. The molecule has 0 unspecified atom stereocenters. The van der Waals surface area contributed by atoms with Gasteiger partial charge in [-0.05, 0) is 23.1 Å². The van der Waals surface area contributed by atoms with E-state index in [-0.39, 0.29) is 10.9 Å².